The molecule has 9 nitrogen and oxygen atoms in total. The Hall–Kier alpha value is -7.54. The van der Waals surface area contributed by atoms with Crippen LogP contribution in [0.3, 0.4) is 0 Å². The van der Waals surface area contributed by atoms with Crippen LogP contribution < -0.4 is 0 Å². The quantitative estimate of drug-likeness (QED) is 0.191. The predicted octanol–water partition coefficient (Wildman–Crippen LogP) is 10.9. The normalized spacial score (nSPS) is 12.0. The van der Waals surface area contributed by atoms with Crippen LogP contribution in [-0.2, 0) is 10.8 Å². The van der Waals surface area contributed by atoms with Crippen LogP contribution >= 0.6 is 0 Å². The summed E-state index contributed by atoms with van der Waals surface area (Å²) in [6.45, 7) is 13.3. The second-order valence-electron chi connectivity index (χ2n) is 16.5. The Kier molecular flexibility index (Phi) is 7.88. The zero-order chi connectivity index (χ0) is 39.8. The second-order valence-corrected chi connectivity index (χ2v) is 16.5. The molecule has 0 aliphatic heterocycles. The fourth-order valence-electron chi connectivity index (χ4n) is 7.86. The third-order valence-electron chi connectivity index (χ3n) is 10.9. The lowest BCUT2D eigenvalue weighted by atomic mass is 9.86. The number of benzene rings is 4. The molecule has 0 unspecified atom stereocenters. The van der Waals surface area contributed by atoms with E-state index < -0.39 is 0 Å². The molecule has 0 saturated heterocycles. The number of aromatic nitrogens is 6. The van der Waals surface area contributed by atoms with Gasteiger partial charge >= 0.3 is 0 Å². The van der Waals surface area contributed by atoms with E-state index in [-0.39, 0.29) is 27.5 Å². The number of fused-ring (bicyclic) bond motifs is 6. The standard InChI is InChI=1S/C48H37N9/c1-47(2,3)31-11-16-42-37(21-31)36-14-15-38(39-24-40(55-54-39)45-29(26-50)19-28(25-49)20-30(45)27-51)53-46(36)56(42)33-12-13-35-34-9-7-8-10-41(34)57(43(35)23-33)44-22-32(17-18-52-44)48(4,5)6/h7-24H,1-6H3,(H,54,55). The van der Waals surface area contributed by atoms with E-state index in [4.69, 9.17) is 9.97 Å². The number of H-pyrrole nitrogens is 1. The minimum absolute atomic E-state index is 0.0483. The molecule has 0 bridgehead atoms. The van der Waals surface area contributed by atoms with E-state index in [1.54, 1.807) is 6.07 Å². The second kappa shape index (κ2) is 12.8. The number of aromatic amines is 1. The number of nitrogens with one attached hydrogen (secondary N) is 1. The van der Waals surface area contributed by atoms with Gasteiger partial charge in [0.15, 0.2) is 0 Å². The Morgan fingerprint density at radius 3 is 1.98 bits per heavy atom. The van der Waals surface area contributed by atoms with Crippen molar-refractivity contribution in [2.24, 2.45) is 0 Å². The highest BCUT2D eigenvalue weighted by molar-refractivity contribution is 6.11. The summed E-state index contributed by atoms with van der Waals surface area (Å²) >= 11 is 0. The molecular weight excluding hydrogens is 703 g/mol. The smallest absolute Gasteiger partial charge is 0.146 e. The van der Waals surface area contributed by atoms with E-state index >= 15 is 0 Å². The highest BCUT2D eigenvalue weighted by atomic mass is 15.1. The number of hydrogen-bond donors (Lipinski definition) is 1. The van der Waals surface area contributed by atoms with Gasteiger partial charge in [0.25, 0.3) is 0 Å². The third-order valence-corrected chi connectivity index (χ3v) is 10.9. The molecule has 0 amide bonds. The zero-order valence-corrected chi connectivity index (χ0v) is 32.5. The van der Waals surface area contributed by atoms with Gasteiger partial charge in [0.05, 0.1) is 68.5 Å². The van der Waals surface area contributed by atoms with Crippen molar-refractivity contribution < 1.29 is 0 Å². The van der Waals surface area contributed by atoms with Crippen LogP contribution in [0.2, 0.25) is 0 Å². The number of para-hydroxylation sites is 1. The number of rotatable bonds is 4. The summed E-state index contributed by atoms with van der Waals surface area (Å²) in [5.41, 5.74) is 9.89. The molecule has 4 aromatic carbocycles. The first-order chi connectivity index (χ1) is 27.4. The first-order valence-corrected chi connectivity index (χ1v) is 18.8. The molecule has 9 aromatic rings. The van der Waals surface area contributed by atoms with Crippen LogP contribution in [-0.4, -0.2) is 29.3 Å². The van der Waals surface area contributed by atoms with Crippen molar-refractivity contribution in [3.05, 3.63) is 137 Å². The lowest BCUT2D eigenvalue weighted by Gasteiger charge is -2.20. The van der Waals surface area contributed by atoms with Gasteiger partial charge in [0.1, 0.15) is 11.5 Å². The topological polar surface area (TPSA) is 136 Å². The monoisotopic (exact) mass is 739 g/mol. The van der Waals surface area contributed by atoms with Gasteiger partial charge in [-0.2, -0.15) is 20.9 Å². The van der Waals surface area contributed by atoms with Gasteiger partial charge in [0.2, 0.25) is 0 Å². The molecule has 0 spiro atoms. The molecule has 9 heteroatoms. The first-order valence-electron chi connectivity index (χ1n) is 18.8. The van der Waals surface area contributed by atoms with E-state index in [0.29, 0.717) is 22.6 Å². The summed E-state index contributed by atoms with van der Waals surface area (Å²) in [7, 11) is 0. The Bertz CT molecular complexity index is 3210. The third kappa shape index (κ3) is 5.70. The minimum atomic E-state index is -0.0628. The van der Waals surface area contributed by atoms with Gasteiger partial charge < -0.3 is 0 Å². The molecular formula is C48H37N9. The van der Waals surface area contributed by atoms with Crippen LogP contribution in [0.15, 0.2) is 109 Å². The Morgan fingerprint density at radius 2 is 1.26 bits per heavy atom. The van der Waals surface area contributed by atoms with Crippen molar-refractivity contribution in [1.82, 2.24) is 29.3 Å². The van der Waals surface area contributed by atoms with Crippen molar-refractivity contribution in [3.8, 4) is 52.4 Å². The van der Waals surface area contributed by atoms with Crippen LogP contribution in [0, 0.1) is 34.0 Å². The lowest BCUT2D eigenvalue weighted by Crippen LogP contribution is -2.12. The van der Waals surface area contributed by atoms with Gasteiger partial charge in [-0.3, -0.25) is 14.2 Å². The summed E-state index contributed by atoms with van der Waals surface area (Å²) in [6, 6.07) is 41.1. The van der Waals surface area contributed by atoms with Crippen molar-refractivity contribution in [1.29, 1.82) is 15.8 Å². The number of hydrogen-bond acceptors (Lipinski definition) is 6. The van der Waals surface area contributed by atoms with E-state index in [9.17, 15) is 15.8 Å². The molecule has 5 heterocycles. The van der Waals surface area contributed by atoms with Crippen LogP contribution in [0.1, 0.15) is 69.4 Å². The maximum absolute atomic E-state index is 9.95. The summed E-state index contributed by atoms with van der Waals surface area (Å²) in [4.78, 5) is 10.2. The van der Waals surface area contributed by atoms with Gasteiger partial charge in [-0.15, -0.1) is 0 Å². The maximum Gasteiger partial charge on any atom is 0.146 e. The SMILES string of the molecule is CC(C)(C)c1ccnc(-n2c3ccccc3c3ccc(-n4c5ccc(C(C)(C)C)cc5c5ccc(-c6cc(-c7c(C#N)cc(C#N)cc7C#N)n[nH]6)nc54)cc32)c1. The molecule has 0 radical (unpaired) electrons. The van der Waals surface area contributed by atoms with E-state index in [2.05, 4.69) is 152 Å². The predicted molar refractivity (Wildman–Crippen MR) is 225 cm³/mol. The molecule has 0 aliphatic rings. The molecule has 1 N–H and O–H groups in total. The van der Waals surface area contributed by atoms with Crippen LogP contribution in [0.25, 0.3) is 77.9 Å². The highest BCUT2D eigenvalue weighted by Gasteiger charge is 2.23. The van der Waals surface area contributed by atoms with E-state index in [0.717, 1.165) is 55.2 Å². The molecule has 5 aromatic heterocycles. The minimum Gasteiger partial charge on any atom is -0.294 e. The van der Waals surface area contributed by atoms with Crippen molar-refractivity contribution in [2.75, 3.05) is 0 Å². The molecule has 9 rings (SSSR count). The lowest BCUT2D eigenvalue weighted by molar-refractivity contribution is 0.588. The fourth-order valence-corrected chi connectivity index (χ4v) is 7.86. The number of nitrogens with zero attached hydrogens (tertiary/aromatic N) is 8. The largest absolute Gasteiger partial charge is 0.294 e. The van der Waals surface area contributed by atoms with Gasteiger partial charge in [0, 0.05) is 39.0 Å². The van der Waals surface area contributed by atoms with E-state index in [1.165, 1.54) is 23.3 Å². The zero-order valence-electron chi connectivity index (χ0n) is 32.5. The van der Waals surface area contributed by atoms with E-state index in [1.807, 2.05) is 18.3 Å². The maximum atomic E-state index is 9.95. The average Bonchev–Trinajstić information content (AvgIpc) is 3.92. The van der Waals surface area contributed by atoms with Gasteiger partial charge in [-0.05, 0) is 94.8 Å². The summed E-state index contributed by atoms with van der Waals surface area (Å²) in [6.07, 6.45) is 1.90. The average molecular weight is 740 g/mol. The first kappa shape index (κ1) is 35.2. The number of pyridine rings is 2. The highest BCUT2D eigenvalue weighted by Crippen LogP contribution is 2.39. The molecule has 0 saturated carbocycles. The Morgan fingerprint density at radius 1 is 0.579 bits per heavy atom. The van der Waals surface area contributed by atoms with Crippen LogP contribution in [0.4, 0.5) is 0 Å². The molecule has 0 atom stereocenters. The Balaban J connectivity index is 1.28. The molecule has 57 heavy (non-hydrogen) atoms. The number of nitriles is 3. The Labute approximate surface area is 329 Å². The molecule has 274 valence electrons. The van der Waals surface area contributed by atoms with Crippen molar-refractivity contribution in [2.45, 2.75) is 52.4 Å². The molecule has 0 fully saturated rings. The summed E-state index contributed by atoms with van der Waals surface area (Å²) in [5, 5.41) is 41.4. The fraction of sp³-hybridized carbons (Fsp3) is 0.167. The van der Waals surface area contributed by atoms with Gasteiger partial charge in [-0.25, -0.2) is 9.97 Å². The van der Waals surface area contributed by atoms with Crippen molar-refractivity contribution >= 4 is 43.7 Å². The summed E-state index contributed by atoms with van der Waals surface area (Å²) in [5.74, 6) is 0.861. The van der Waals surface area contributed by atoms with Crippen molar-refractivity contribution in [3.63, 3.8) is 0 Å². The summed E-state index contributed by atoms with van der Waals surface area (Å²) < 4.78 is 4.48. The molecule has 0 aliphatic carbocycles. The van der Waals surface area contributed by atoms with Crippen LogP contribution in [0.5, 0.6) is 0 Å². The van der Waals surface area contributed by atoms with Gasteiger partial charge in [-0.1, -0.05) is 71.9 Å².